The Balaban J connectivity index is 1.14. The summed E-state index contributed by atoms with van der Waals surface area (Å²) in [5.74, 6) is 1.07. The molecule has 3 N–H and O–H groups in total. The number of benzene rings is 1. The lowest BCUT2D eigenvalue weighted by Crippen LogP contribution is -2.70. The van der Waals surface area contributed by atoms with Gasteiger partial charge in [0.25, 0.3) is 5.91 Å². The second-order valence-corrected chi connectivity index (χ2v) is 11.6. The van der Waals surface area contributed by atoms with E-state index in [1.54, 1.807) is 18.2 Å². The molecule has 1 aliphatic heterocycles. The largest absolute Gasteiger partial charge is 0.414 e. The summed E-state index contributed by atoms with van der Waals surface area (Å²) in [7, 11) is 0. The number of piperidine rings is 1. The Morgan fingerprint density at radius 2 is 1.68 bits per heavy atom. The van der Waals surface area contributed by atoms with E-state index in [0.29, 0.717) is 49.8 Å². The third kappa shape index (κ3) is 5.01. The molecular weight excluding hydrogens is 475 g/mol. The average Bonchev–Trinajstić information content (AvgIpc) is 2.83. The first-order valence-electron chi connectivity index (χ1n) is 13.3. The third-order valence-electron chi connectivity index (χ3n) is 8.59. The summed E-state index contributed by atoms with van der Waals surface area (Å²) in [6.45, 7) is 1.41. The van der Waals surface area contributed by atoms with E-state index in [0.717, 1.165) is 37.9 Å². The minimum atomic E-state index is -0.535. The molecule has 0 spiro atoms. The van der Waals surface area contributed by atoms with Crippen molar-refractivity contribution in [3.05, 3.63) is 53.8 Å². The number of hydrogen-bond acceptors (Lipinski definition) is 6. The van der Waals surface area contributed by atoms with Gasteiger partial charge in [-0.05, 0) is 87.5 Å². The second-order valence-electron chi connectivity index (χ2n) is 11.6. The Kier molecular flexibility index (Phi) is 6.06. The first-order valence-corrected chi connectivity index (χ1v) is 13.3. The van der Waals surface area contributed by atoms with Gasteiger partial charge in [-0.15, -0.1) is 0 Å². The number of rotatable bonds is 5. The van der Waals surface area contributed by atoms with Crippen molar-refractivity contribution in [1.82, 2.24) is 15.6 Å². The van der Waals surface area contributed by atoms with Crippen LogP contribution in [0.4, 0.5) is 15.0 Å². The zero-order valence-corrected chi connectivity index (χ0v) is 20.8. The Morgan fingerprint density at radius 3 is 2.38 bits per heavy atom. The highest BCUT2D eigenvalue weighted by molar-refractivity contribution is 5.94. The summed E-state index contributed by atoms with van der Waals surface area (Å²) < 4.78 is 19.3. The SMILES string of the molecule is O=C(NC12CC3CC(C1)CC(NC(=O)c1cccc(F)c1)(C3)C2)Oc1cccc(N2CCC(O)CC2)n1. The van der Waals surface area contributed by atoms with Gasteiger partial charge in [-0.1, -0.05) is 12.1 Å². The molecule has 7 rings (SSSR count). The number of nitrogens with one attached hydrogen (secondary N) is 2. The number of ether oxygens (including phenoxy) is 1. The van der Waals surface area contributed by atoms with Gasteiger partial charge < -0.3 is 25.4 Å². The van der Waals surface area contributed by atoms with Crippen molar-refractivity contribution in [1.29, 1.82) is 0 Å². The van der Waals surface area contributed by atoms with Crippen molar-refractivity contribution < 1.29 is 23.8 Å². The van der Waals surface area contributed by atoms with Crippen LogP contribution in [-0.4, -0.2) is 52.4 Å². The first-order chi connectivity index (χ1) is 17.8. The molecule has 1 saturated heterocycles. The van der Waals surface area contributed by atoms with E-state index >= 15 is 0 Å². The standard InChI is InChI=1S/C28H33FN4O4/c29-21-4-1-3-20(12-21)25(35)31-27-13-18-11-19(14-27)16-28(15-18,17-27)32-26(36)37-24-6-2-5-23(30-24)33-9-7-22(34)8-10-33/h1-6,12,18-19,22,34H,7-11,13-17H2,(H,31,35)(H,32,36). The molecule has 37 heavy (non-hydrogen) atoms. The number of carbonyl (C=O) groups excluding carboxylic acids is 2. The highest BCUT2D eigenvalue weighted by atomic mass is 19.1. The molecule has 5 fully saturated rings. The van der Waals surface area contributed by atoms with Gasteiger partial charge in [-0.3, -0.25) is 4.79 Å². The topological polar surface area (TPSA) is 104 Å². The van der Waals surface area contributed by atoms with Crippen molar-refractivity contribution in [3.63, 3.8) is 0 Å². The van der Waals surface area contributed by atoms with Crippen LogP contribution < -0.4 is 20.3 Å². The van der Waals surface area contributed by atoms with Gasteiger partial charge in [0.2, 0.25) is 5.88 Å². The Labute approximate surface area is 215 Å². The number of nitrogens with zero attached hydrogens (tertiary/aromatic N) is 2. The van der Waals surface area contributed by atoms with Crippen LogP contribution in [-0.2, 0) is 0 Å². The molecule has 2 heterocycles. The molecule has 8 nitrogen and oxygen atoms in total. The number of aromatic nitrogens is 1. The Bertz CT molecular complexity index is 1180. The lowest BCUT2D eigenvalue weighted by atomic mass is 9.50. The van der Waals surface area contributed by atoms with E-state index in [2.05, 4.69) is 20.5 Å². The van der Waals surface area contributed by atoms with E-state index < -0.39 is 23.0 Å². The summed E-state index contributed by atoms with van der Waals surface area (Å²) in [4.78, 5) is 32.7. The predicted molar refractivity (Wildman–Crippen MR) is 135 cm³/mol. The number of aliphatic hydroxyl groups is 1. The normalized spacial score (nSPS) is 30.7. The molecule has 4 saturated carbocycles. The molecule has 0 radical (unpaired) electrons. The summed E-state index contributed by atoms with van der Waals surface area (Å²) in [5, 5.41) is 16.2. The monoisotopic (exact) mass is 508 g/mol. The minimum absolute atomic E-state index is 0.236. The van der Waals surface area contributed by atoms with Gasteiger partial charge in [0.15, 0.2) is 0 Å². The minimum Gasteiger partial charge on any atom is -0.393 e. The molecule has 2 amide bonds. The number of aliphatic hydroxyl groups excluding tert-OH is 1. The zero-order valence-electron chi connectivity index (χ0n) is 20.8. The number of anilines is 1. The van der Waals surface area contributed by atoms with E-state index in [4.69, 9.17) is 4.74 Å². The fourth-order valence-corrected chi connectivity index (χ4v) is 7.57. The van der Waals surface area contributed by atoms with E-state index in [1.165, 1.54) is 12.1 Å². The lowest BCUT2D eigenvalue weighted by Gasteiger charge is -2.62. The van der Waals surface area contributed by atoms with E-state index in [9.17, 15) is 19.1 Å². The smallest absolute Gasteiger partial charge is 0.393 e. The van der Waals surface area contributed by atoms with Gasteiger partial charge in [-0.2, -0.15) is 4.98 Å². The van der Waals surface area contributed by atoms with Crippen LogP contribution in [0.2, 0.25) is 0 Å². The maximum absolute atomic E-state index is 13.7. The predicted octanol–water partition coefficient (Wildman–Crippen LogP) is 3.79. The van der Waals surface area contributed by atoms with Gasteiger partial charge in [0.05, 0.1) is 6.10 Å². The Morgan fingerprint density at radius 1 is 1.00 bits per heavy atom. The molecule has 1 aromatic heterocycles. The van der Waals surface area contributed by atoms with Crippen LogP contribution >= 0.6 is 0 Å². The number of carbonyl (C=O) groups is 2. The van der Waals surface area contributed by atoms with Crippen molar-refractivity contribution in [2.24, 2.45) is 11.8 Å². The fraction of sp³-hybridized carbons (Fsp3) is 0.536. The summed E-state index contributed by atoms with van der Waals surface area (Å²) in [6.07, 6.45) is 5.77. The maximum Gasteiger partial charge on any atom is 0.414 e. The number of amides is 2. The van der Waals surface area contributed by atoms with Crippen molar-refractivity contribution >= 4 is 17.8 Å². The van der Waals surface area contributed by atoms with E-state index in [-0.39, 0.29) is 17.9 Å². The van der Waals surface area contributed by atoms with Gasteiger partial charge in [-0.25, -0.2) is 9.18 Å². The molecule has 2 aromatic rings. The molecule has 1 aromatic carbocycles. The molecule has 9 heteroatoms. The van der Waals surface area contributed by atoms with Crippen LogP contribution in [0.1, 0.15) is 61.7 Å². The van der Waals surface area contributed by atoms with Crippen LogP contribution in [0.3, 0.4) is 0 Å². The Hall–Kier alpha value is -3.20. The quantitative estimate of drug-likeness (QED) is 0.568. The average molecular weight is 509 g/mol. The molecule has 196 valence electrons. The molecule has 4 bridgehead atoms. The number of pyridine rings is 1. The van der Waals surface area contributed by atoms with Crippen molar-refractivity contribution in [3.8, 4) is 5.88 Å². The van der Waals surface area contributed by atoms with Crippen LogP contribution in [0.5, 0.6) is 5.88 Å². The van der Waals surface area contributed by atoms with Gasteiger partial charge >= 0.3 is 6.09 Å². The molecular formula is C28H33FN4O4. The van der Waals surface area contributed by atoms with Crippen molar-refractivity contribution in [2.45, 2.75) is 68.5 Å². The van der Waals surface area contributed by atoms with Crippen LogP contribution in [0.15, 0.2) is 42.5 Å². The van der Waals surface area contributed by atoms with Crippen LogP contribution in [0.25, 0.3) is 0 Å². The molecule has 5 aliphatic rings. The van der Waals surface area contributed by atoms with Crippen LogP contribution in [0, 0.1) is 17.7 Å². The number of halogens is 1. The van der Waals surface area contributed by atoms with Gasteiger partial charge in [0.1, 0.15) is 11.6 Å². The fourth-order valence-electron chi connectivity index (χ4n) is 7.57. The third-order valence-corrected chi connectivity index (χ3v) is 8.59. The first kappa shape index (κ1) is 24.2. The summed E-state index contributed by atoms with van der Waals surface area (Å²) in [5.41, 5.74) is -0.555. The molecule has 2 unspecified atom stereocenters. The molecule has 4 aliphatic carbocycles. The molecule has 2 atom stereocenters. The van der Waals surface area contributed by atoms with E-state index in [1.807, 2.05) is 12.1 Å². The highest BCUT2D eigenvalue weighted by Crippen LogP contribution is 2.57. The highest BCUT2D eigenvalue weighted by Gasteiger charge is 2.59. The zero-order chi connectivity index (χ0) is 25.6. The number of hydrogen-bond donors (Lipinski definition) is 3. The lowest BCUT2D eigenvalue weighted by molar-refractivity contribution is -0.0449. The second kappa shape index (κ2) is 9.28. The summed E-state index contributed by atoms with van der Waals surface area (Å²) >= 11 is 0. The van der Waals surface area contributed by atoms with Crippen molar-refractivity contribution in [2.75, 3.05) is 18.0 Å². The summed E-state index contributed by atoms with van der Waals surface area (Å²) in [6, 6.07) is 11.1. The maximum atomic E-state index is 13.7. The van der Waals surface area contributed by atoms with Gasteiger partial charge in [0, 0.05) is 35.8 Å².